The van der Waals surface area contributed by atoms with Crippen LogP contribution >= 0.6 is 23.2 Å². The number of benzene rings is 3. The van der Waals surface area contributed by atoms with E-state index in [1.165, 1.54) is 24.3 Å². The summed E-state index contributed by atoms with van der Waals surface area (Å²) in [4.78, 5) is 18.5. The van der Waals surface area contributed by atoms with Gasteiger partial charge in [-0.15, -0.1) is 0 Å². The first-order valence-corrected chi connectivity index (χ1v) is 11.1. The monoisotopic (exact) mass is 497 g/mol. The van der Waals surface area contributed by atoms with Crippen LogP contribution in [0.25, 0.3) is 11.1 Å². The summed E-state index contributed by atoms with van der Waals surface area (Å²) in [6.07, 6.45) is 0.213. The van der Waals surface area contributed by atoms with E-state index in [9.17, 15) is 13.6 Å². The molecule has 0 N–H and O–H groups in total. The first-order chi connectivity index (χ1) is 16.2. The standard InChI is InChI=1S/C27H19Cl2F2NO2/c1-16(19-8-10-23(30)21(28)12-19)14-27(15-17(2)20-9-11-24(31)22(29)13-20)25(32-34-26(27)33)18-6-4-3-5-7-18/h3-13H,1-2,14-15H2. The normalized spacial score (nSPS) is 14.5. The molecule has 0 spiro atoms. The van der Waals surface area contributed by atoms with Gasteiger partial charge < -0.3 is 4.84 Å². The van der Waals surface area contributed by atoms with Crippen LogP contribution in [0.3, 0.4) is 0 Å². The van der Waals surface area contributed by atoms with Gasteiger partial charge >= 0.3 is 5.97 Å². The fourth-order valence-electron chi connectivity index (χ4n) is 4.02. The van der Waals surface area contributed by atoms with Crippen molar-refractivity contribution in [1.82, 2.24) is 0 Å². The smallest absolute Gasteiger partial charge is 0.317 e. The summed E-state index contributed by atoms with van der Waals surface area (Å²) >= 11 is 11.9. The number of carbonyl (C=O) groups is 1. The number of hydrogen-bond acceptors (Lipinski definition) is 3. The zero-order chi connectivity index (χ0) is 24.5. The van der Waals surface area contributed by atoms with E-state index in [0.717, 1.165) is 0 Å². The van der Waals surface area contributed by atoms with Crippen LogP contribution in [-0.2, 0) is 9.63 Å². The summed E-state index contributed by atoms with van der Waals surface area (Å²) in [7, 11) is 0. The molecular formula is C27H19Cl2F2NO2. The molecule has 0 saturated carbocycles. The highest BCUT2D eigenvalue weighted by molar-refractivity contribution is 6.31. The van der Waals surface area contributed by atoms with Crippen LogP contribution in [0, 0.1) is 17.0 Å². The molecule has 0 saturated heterocycles. The van der Waals surface area contributed by atoms with E-state index in [4.69, 9.17) is 28.0 Å². The average Bonchev–Trinajstić information content (AvgIpc) is 3.13. The molecule has 172 valence electrons. The topological polar surface area (TPSA) is 38.7 Å². The molecule has 0 bridgehead atoms. The van der Waals surface area contributed by atoms with Crippen molar-refractivity contribution in [3.8, 4) is 0 Å². The molecule has 0 radical (unpaired) electrons. The molecule has 1 heterocycles. The Morgan fingerprint density at radius 2 is 1.35 bits per heavy atom. The highest BCUT2D eigenvalue weighted by atomic mass is 35.5. The summed E-state index contributed by atoms with van der Waals surface area (Å²) in [5, 5.41) is 4.01. The number of rotatable bonds is 7. The minimum atomic E-state index is -1.28. The highest BCUT2D eigenvalue weighted by Crippen LogP contribution is 2.45. The Bertz CT molecular complexity index is 1270. The van der Waals surface area contributed by atoms with E-state index in [2.05, 4.69) is 18.3 Å². The van der Waals surface area contributed by atoms with Crippen LogP contribution in [-0.4, -0.2) is 11.7 Å². The third kappa shape index (κ3) is 4.54. The Morgan fingerprint density at radius 3 is 1.82 bits per heavy atom. The summed E-state index contributed by atoms with van der Waals surface area (Å²) in [6, 6.07) is 17.7. The largest absolute Gasteiger partial charge is 0.347 e. The van der Waals surface area contributed by atoms with Crippen molar-refractivity contribution in [3.05, 3.63) is 118 Å². The van der Waals surface area contributed by atoms with Crippen molar-refractivity contribution in [3.63, 3.8) is 0 Å². The Labute approximate surface area is 206 Å². The van der Waals surface area contributed by atoms with Gasteiger partial charge in [0.2, 0.25) is 0 Å². The molecule has 3 nitrogen and oxygen atoms in total. The van der Waals surface area contributed by atoms with Gasteiger partial charge in [0.1, 0.15) is 22.8 Å². The maximum atomic E-state index is 13.7. The number of oxime groups is 1. The molecule has 0 aromatic heterocycles. The molecule has 1 aliphatic heterocycles. The molecule has 1 aliphatic rings. The van der Waals surface area contributed by atoms with Gasteiger partial charge in [0.15, 0.2) is 0 Å². The second-order valence-corrected chi connectivity index (χ2v) is 8.90. The molecule has 0 unspecified atom stereocenters. The second kappa shape index (κ2) is 9.53. The third-order valence-electron chi connectivity index (χ3n) is 5.80. The van der Waals surface area contributed by atoms with Gasteiger partial charge in [-0.2, -0.15) is 0 Å². The van der Waals surface area contributed by atoms with Crippen molar-refractivity contribution in [2.45, 2.75) is 12.8 Å². The first kappa shape index (κ1) is 23.9. The fourth-order valence-corrected chi connectivity index (χ4v) is 4.38. The Kier molecular flexibility index (Phi) is 6.69. The molecule has 0 amide bonds. The van der Waals surface area contributed by atoms with Gasteiger partial charge in [-0.25, -0.2) is 13.6 Å². The van der Waals surface area contributed by atoms with Crippen LogP contribution in [0.15, 0.2) is 85.0 Å². The molecule has 0 atom stereocenters. The average molecular weight is 498 g/mol. The minimum absolute atomic E-state index is 0.0518. The van der Waals surface area contributed by atoms with Gasteiger partial charge in [0.25, 0.3) is 0 Å². The predicted octanol–water partition coefficient (Wildman–Crippen LogP) is 7.73. The highest BCUT2D eigenvalue weighted by Gasteiger charge is 2.51. The predicted molar refractivity (Wildman–Crippen MR) is 132 cm³/mol. The summed E-state index contributed by atoms with van der Waals surface area (Å²) < 4.78 is 27.4. The van der Waals surface area contributed by atoms with Crippen LogP contribution in [0.4, 0.5) is 8.78 Å². The Hall–Kier alpha value is -3.28. The molecule has 3 aromatic rings. The van der Waals surface area contributed by atoms with Crippen LogP contribution in [0.1, 0.15) is 29.5 Å². The molecule has 0 fully saturated rings. The number of allylic oxidation sites excluding steroid dienone is 2. The molecule has 0 aliphatic carbocycles. The van der Waals surface area contributed by atoms with Gasteiger partial charge in [0, 0.05) is 5.56 Å². The fraction of sp³-hybridized carbons (Fsp3) is 0.111. The SMILES string of the molecule is C=C(CC1(CC(=C)c2ccc(F)c(Cl)c2)C(=O)ON=C1c1ccccc1)c1ccc(F)c(Cl)c1. The molecule has 4 rings (SSSR count). The van der Waals surface area contributed by atoms with Crippen molar-refractivity contribution < 1.29 is 18.4 Å². The molecule has 34 heavy (non-hydrogen) atoms. The minimum Gasteiger partial charge on any atom is -0.317 e. The molecule has 7 heteroatoms. The van der Waals surface area contributed by atoms with Crippen LogP contribution in [0.5, 0.6) is 0 Å². The molecular weight excluding hydrogens is 479 g/mol. The number of carbonyl (C=O) groups excluding carboxylic acids is 1. The third-order valence-corrected chi connectivity index (χ3v) is 6.38. The van der Waals surface area contributed by atoms with Crippen molar-refractivity contribution in [2.75, 3.05) is 0 Å². The lowest BCUT2D eigenvalue weighted by atomic mass is 9.70. The maximum Gasteiger partial charge on any atom is 0.347 e. The van der Waals surface area contributed by atoms with Gasteiger partial charge in [-0.05, 0) is 59.4 Å². The van der Waals surface area contributed by atoms with E-state index in [1.807, 2.05) is 30.3 Å². The van der Waals surface area contributed by atoms with E-state index < -0.39 is 23.0 Å². The van der Waals surface area contributed by atoms with Gasteiger partial charge in [0.05, 0.1) is 10.0 Å². The molecule has 3 aromatic carbocycles. The first-order valence-electron chi connectivity index (χ1n) is 10.3. The summed E-state index contributed by atoms with van der Waals surface area (Å²) in [5.41, 5.74) is 2.06. The van der Waals surface area contributed by atoms with Gasteiger partial charge in [-0.1, -0.05) is 84.0 Å². The maximum absolute atomic E-state index is 13.7. The van der Waals surface area contributed by atoms with Crippen LogP contribution < -0.4 is 0 Å². The quantitative estimate of drug-likeness (QED) is 0.313. The second-order valence-electron chi connectivity index (χ2n) is 8.09. The number of nitrogens with zero attached hydrogens (tertiary/aromatic N) is 1. The van der Waals surface area contributed by atoms with E-state index in [1.54, 1.807) is 12.1 Å². The summed E-state index contributed by atoms with van der Waals surface area (Å²) in [6.45, 7) is 8.26. The van der Waals surface area contributed by atoms with Gasteiger partial charge in [-0.3, -0.25) is 0 Å². The number of hydrogen-bond donors (Lipinski definition) is 0. The zero-order valence-corrected chi connectivity index (χ0v) is 19.5. The van der Waals surface area contributed by atoms with E-state index in [0.29, 0.717) is 33.5 Å². The number of halogens is 4. The lowest BCUT2D eigenvalue weighted by Crippen LogP contribution is -2.36. The Morgan fingerprint density at radius 1 is 0.853 bits per heavy atom. The van der Waals surface area contributed by atoms with Crippen molar-refractivity contribution in [2.24, 2.45) is 10.6 Å². The summed E-state index contributed by atoms with van der Waals surface area (Å²) in [5.74, 6) is -1.68. The Balaban J connectivity index is 1.77. The zero-order valence-electron chi connectivity index (χ0n) is 18.0. The van der Waals surface area contributed by atoms with E-state index >= 15 is 0 Å². The van der Waals surface area contributed by atoms with E-state index in [-0.39, 0.29) is 22.9 Å². The van der Waals surface area contributed by atoms with Crippen LogP contribution in [0.2, 0.25) is 10.0 Å². The lowest BCUT2D eigenvalue weighted by Gasteiger charge is -2.29. The lowest BCUT2D eigenvalue weighted by molar-refractivity contribution is -0.147. The van der Waals surface area contributed by atoms with Crippen molar-refractivity contribution >= 4 is 46.0 Å². The van der Waals surface area contributed by atoms with Crippen molar-refractivity contribution in [1.29, 1.82) is 0 Å².